The maximum atomic E-state index is 13.4. The Kier molecular flexibility index (Phi) is 6.55. The van der Waals surface area contributed by atoms with E-state index in [1.165, 1.54) is 16.4 Å². The van der Waals surface area contributed by atoms with Gasteiger partial charge in [0.05, 0.1) is 24.2 Å². The van der Waals surface area contributed by atoms with Gasteiger partial charge >= 0.3 is 0 Å². The second kappa shape index (κ2) is 9.54. The van der Waals surface area contributed by atoms with Gasteiger partial charge in [0.25, 0.3) is 15.9 Å². The van der Waals surface area contributed by atoms with E-state index >= 15 is 0 Å². The highest BCUT2D eigenvalue weighted by Crippen LogP contribution is 2.36. The first kappa shape index (κ1) is 22.7. The van der Waals surface area contributed by atoms with E-state index in [1.807, 2.05) is 43.3 Å². The molecule has 0 fully saturated rings. The number of sulfonamides is 1. The van der Waals surface area contributed by atoms with Crippen molar-refractivity contribution in [2.45, 2.75) is 24.3 Å². The van der Waals surface area contributed by atoms with E-state index in [1.54, 1.807) is 31.4 Å². The van der Waals surface area contributed by atoms with Crippen LogP contribution in [0.5, 0.6) is 11.5 Å². The standard InChI is InChI=1S/C25H26N2O5S/c1-18-16-19-8-3-4-11-22(19)27(18)33(29,30)21-10-7-9-20(17-21)25(28)26-14-15-32-24-13-6-5-12-23(24)31-2/h3-13,17-18H,14-16H2,1-2H3,(H,26,28). The molecule has 0 spiro atoms. The molecule has 1 amide bonds. The molecular weight excluding hydrogens is 440 g/mol. The summed E-state index contributed by atoms with van der Waals surface area (Å²) >= 11 is 0. The van der Waals surface area contributed by atoms with E-state index in [0.29, 0.717) is 23.6 Å². The number of amides is 1. The number of fused-ring (bicyclic) bond motifs is 1. The summed E-state index contributed by atoms with van der Waals surface area (Å²) in [6.07, 6.45) is 0.655. The van der Waals surface area contributed by atoms with Crippen molar-refractivity contribution in [1.29, 1.82) is 0 Å². The minimum atomic E-state index is -3.81. The van der Waals surface area contributed by atoms with Gasteiger partial charge < -0.3 is 14.8 Å². The van der Waals surface area contributed by atoms with E-state index in [4.69, 9.17) is 9.47 Å². The first-order valence-electron chi connectivity index (χ1n) is 10.7. The van der Waals surface area contributed by atoms with Gasteiger partial charge in [0, 0.05) is 11.6 Å². The molecule has 33 heavy (non-hydrogen) atoms. The van der Waals surface area contributed by atoms with Gasteiger partial charge in [-0.2, -0.15) is 0 Å². The van der Waals surface area contributed by atoms with Crippen molar-refractivity contribution in [2.24, 2.45) is 0 Å². The number of para-hydroxylation sites is 3. The lowest BCUT2D eigenvalue weighted by Gasteiger charge is -2.24. The zero-order valence-electron chi connectivity index (χ0n) is 18.5. The van der Waals surface area contributed by atoms with Crippen molar-refractivity contribution in [2.75, 3.05) is 24.6 Å². The summed E-state index contributed by atoms with van der Waals surface area (Å²) in [5, 5.41) is 2.77. The number of rotatable bonds is 8. The van der Waals surface area contributed by atoms with Crippen LogP contribution >= 0.6 is 0 Å². The minimum absolute atomic E-state index is 0.0870. The summed E-state index contributed by atoms with van der Waals surface area (Å²) in [4.78, 5) is 12.7. The number of nitrogens with zero attached hydrogens (tertiary/aromatic N) is 1. The Morgan fingerprint density at radius 2 is 1.76 bits per heavy atom. The largest absolute Gasteiger partial charge is 0.493 e. The van der Waals surface area contributed by atoms with Crippen molar-refractivity contribution in [3.05, 3.63) is 83.9 Å². The smallest absolute Gasteiger partial charge is 0.264 e. The summed E-state index contributed by atoms with van der Waals surface area (Å²) < 4.78 is 39.2. The van der Waals surface area contributed by atoms with Crippen LogP contribution in [0.4, 0.5) is 5.69 Å². The predicted octanol–water partition coefficient (Wildman–Crippen LogP) is 3.64. The van der Waals surface area contributed by atoms with Gasteiger partial charge in [0.15, 0.2) is 11.5 Å². The monoisotopic (exact) mass is 466 g/mol. The van der Waals surface area contributed by atoms with E-state index < -0.39 is 10.0 Å². The first-order valence-corrected chi connectivity index (χ1v) is 12.1. The second-order valence-electron chi connectivity index (χ2n) is 7.77. The fourth-order valence-electron chi connectivity index (χ4n) is 3.98. The van der Waals surface area contributed by atoms with E-state index in [-0.39, 0.29) is 35.6 Å². The van der Waals surface area contributed by atoms with Crippen LogP contribution in [0.1, 0.15) is 22.8 Å². The average molecular weight is 467 g/mol. The molecule has 1 heterocycles. The number of anilines is 1. The summed E-state index contributed by atoms with van der Waals surface area (Å²) in [5.41, 5.74) is 1.96. The highest BCUT2D eigenvalue weighted by molar-refractivity contribution is 7.92. The van der Waals surface area contributed by atoms with Crippen molar-refractivity contribution < 1.29 is 22.7 Å². The molecule has 0 aromatic heterocycles. The molecule has 7 nitrogen and oxygen atoms in total. The lowest BCUT2D eigenvalue weighted by Crippen LogP contribution is -2.36. The topological polar surface area (TPSA) is 84.9 Å². The average Bonchev–Trinajstić information content (AvgIpc) is 3.18. The number of benzene rings is 3. The van der Waals surface area contributed by atoms with Gasteiger partial charge in [0.1, 0.15) is 6.61 Å². The fourth-order valence-corrected chi connectivity index (χ4v) is 5.72. The molecular formula is C25H26N2O5S. The number of ether oxygens (including phenoxy) is 2. The molecule has 1 atom stereocenters. The van der Waals surface area contributed by atoms with Crippen LogP contribution in [0.2, 0.25) is 0 Å². The number of methoxy groups -OCH3 is 1. The molecule has 1 aliphatic heterocycles. The molecule has 1 aliphatic rings. The number of hydrogen-bond donors (Lipinski definition) is 1. The molecule has 172 valence electrons. The summed E-state index contributed by atoms with van der Waals surface area (Å²) in [6, 6.07) is 20.7. The molecule has 0 bridgehead atoms. The van der Waals surface area contributed by atoms with E-state index in [2.05, 4.69) is 5.32 Å². The number of hydrogen-bond acceptors (Lipinski definition) is 5. The molecule has 0 aliphatic carbocycles. The maximum Gasteiger partial charge on any atom is 0.264 e. The Balaban J connectivity index is 1.44. The number of carbonyl (C=O) groups excluding carboxylic acids is 1. The summed E-state index contributed by atoms with van der Waals surface area (Å²) in [5.74, 6) is 0.826. The Labute approximate surface area is 194 Å². The van der Waals surface area contributed by atoms with Crippen molar-refractivity contribution >= 4 is 21.6 Å². The quantitative estimate of drug-likeness (QED) is 0.513. The van der Waals surface area contributed by atoms with Gasteiger partial charge in [-0.3, -0.25) is 9.10 Å². The Morgan fingerprint density at radius 1 is 1.03 bits per heavy atom. The SMILES string of the molecule is COc1ccccc1OCCNC(=O)c1cccc(S(=O)(=O)N2c3ccccc3CC2C)c1. The normalized spacial score (nSPS) is 15.1. The summed E-state index contributed by atoms with van der Waals surface area (Å²) in [7, 11) is -2.25. The van der Waals surface area contributed by atoms with Crippen LogP contribution in [0, 0.1) is 0 Å². The Morgan fingerprint density at radius 3 is 2.55 bits per heavy atom. The van der Waals surface area contributed by atoms with Crippen LogP contribution in [-0.2, 0) is 16.4 Å². The molecule has 0 saturated heterocycles. The lowest BCUT2D eigenvalue weighted by molar-refractivity contribution is 0.0946. The fraction of sp³-hybridized carbons (Fsp3) is 0.240. The molecule has 0 saturated carbocycles. The van der Waals surface area contributed by atoms with Gasteiger partial charge in [-0.15, -0.1) is 0 Å². The Hall–Kier alpha value is -3.52. The molecule has 1 N–H and O–H groups in total. The molecule has 1 unspecified atom stereocenters. The molecule has 0 radical (unpaired) electrons. The summed E-state index contributed by atoms with van der Waals surface area (Å²) in [6.45, 7) is 2.38. The number of carbonyl (C=O) groups is 1. The third-order valence-corrected chi connectivity index (χ3v) is 7.44. The van der Waals surface area contributed by atoms with Gasteiger partial charge in [-0.1, -0.05) is 36.4 Å². The maximum absolute atomic E-state index is 13.4. The van der Waals surface area contributed by atoms with Crippen LogP contribution in [0.3, 0.4) is 0 Å². The molecule has 4 rings (SSSR count). The van der Waals surface area contributed by atoms with Crippen LogP contribution in [0.15, 0.2) is 77.7 Å². The van der Waals surface area contributed by atoms with Crippen molar-refractivity contribution in [3.8, 4) is 11.5 Å². The van der Waals surface area contributed by atoms with Gasteiger partial charge in [-0.05, 0) is 55.3 Å². The van der Waals surface area contributed by atoms with Crippen molar-refractivity contribution in [1.82, 2.24) is 5.32 Å². The van der Waals surface area contributed by atoms with E-state index in [9.17, 15) is 13.2 Å². The van der Waals surface area contributed by atoms with Gasteiger partial charge in [0.2, 0.25) is 0 Å². The highest BCUT2D eigenvalue weighted by atomic mass is 32.2. The van der Waals surface area contributed by atoms with Crippen LogP contribution in [-0.4, -0.2) is 40.6 Å². The molecule has 8 heteroatoms. The minimum Gasteiger partial charge on any atom is -0.493 e. The van der Waals surface area contributed by atoms with Crippen LogP contribution in [0.25, 0.3) is 0 Å². The van der Waals surface area contributed by atoms with Crippen molar-refractivity contribution in [3.63, 3.8) is 0 Å². The zero-order chi connectivity index (χ0) is 23.4. The molecule has 3 aromatic rings. The molecule has 3 aromatic carbocycles. The Bertz CT molecular complexity index is 1260. The highest BCUT2D eigenvalue weighted by Gasteiger charge is 2.36. The predicted molar refractivity (Wildman–Crippen MR) is 127 cm³/mol. The second-order valence-corrected chi connectivity index (χ2v) is 9.58. The first-order chi connectivity index (χ1) is 15.9. The van der Waals surface area contributed by atoms with Crippen LogP contribution < -0.4 is 19.1 Å². The third-order valence-electron chi connectivity index (χ3n) is 5.51. The lowest BCUT2D eigenvalue weighted by atomic mass is 10.1. The number of nitrogens with one attached hydrogen (secondary N) is 1. The zero-order valence-corrected chi connectivity index (χ0v) is 19.3. The third kappa shape index (κ3) is 4.66. The van der Waals surface area contributed by atoms with Gasteiger partial charge in [-0.25, -0.2) is 8.42 Å². The van der Waals surface area contributed by atoms with E-state index in [0.717, 1.165) is 5.56 Å².